The van der Waals surface area contributed by atoms with E-state index in [-0.39, 0.29) is 11.1 Å². The largest absolute Gasteiger partial charge is 0.478 e. The molecule has 0 saturated carbocycles. The van der Waals surface area contributed by atoms with E-state index in [9.17, 15) is 4.79 Å². The Labute approximate surface area is 80.6 Å². The van der Waals surface area contributed by atoms with Gasteiger partial charge in [0, 0.05) is 17.2 Å². The predicted molar refractivity (Wildman–Crippen MR) is 50.3 cm³/mol. The van der Waals surface area contributed by atoms with Crippen LogP contribution in [0.2, 0.25) is 0 Å². The van der Waals surface area contributed by atoms with Gasteiger partial charge in [-0.1, -0.05) is 0 Å². The molecule has 1 aromatic carbocycles. The summed E-state index contributed by atoms with van der Waals surface area (Å²) in [4.78, 5) is 10.7. The van der Waals surface area contributed by atoms with Gasteiger partial charge in [-0.3, -0.25) is 0 Å². The molecule has 0 bridgehead atoms. The maximum Gasteiger partial charge on any atom is 0.337 e. The first-order chi connectivity index (χ1) is 6.65. The van der Waals surface area contributed by atoms with Gasteiger partial charge in [-0.2, -0.15) is 5.26 Å². The average molecular weight is 186 g/mol. The number of hydrogen-bond donors (Lipinski definition) is 2. The predicted octanol–water partition coefficient (Wildman–Crippen LogP) is 0.842. The summed E-state index contributed by atoms with van der Waals surface area (Å²) >= 11 is 0. The third kappa shape index (κ3) is 2.02. The highest BCUT2D eigenvalue weighted by Gasteiger charge is 2.08. The lowest BCUT2D eigenvalue weighted by Crippen LogP contribution is -2.01. The molecule has 0 aliphatic rings. The van der Waals surface area contributed by atoms with Crippen LogP contribution in [-0.2, 0) is 0 Å². The quantitative estimate of drug-likeness (QED) is 0.502. The van der Waals surface area contributed by atoms with E-state index < -0.39 is 5.97 Å². The van der Waals surface area contributed by atoms with E-state index in [0.717, 1.165) is 0 Å². The number of anilines is 1. The standard InChI is InChI=1S/C10H6N2O2/c11-5-1-2-7-3-4-8(12)6-9(7)10(13)14/h3-4,6H,12H2,(H,13,14). The molecule has 0 aromatic heterocycles. The number of rotatable bonds is 1. The van der Waals surface area contributed by atoms with Crippen molar-refractivity contribution in [3.8, 4) is 17.9 Å². The van der Waals surface area contributed by atoms with E-state index in [1.54, 1.807) is 6.07 Å². The van der Waals surface area contributed by atoms with E-state index in [1.165, 1.54) is 18.2 Å². The second-order valence-corrected chi connectivity index (χ2v) is 2.47. The number of carboxylic acid groups (broad SMARTS) is 1. The van der Waals surface area contributed by atoms with Crippen LogP contribution >= 0.6 is 0 Å². The summed E-state index contributed by atoms with van der Waals surface area (Å²) in [6, 6.07) is 5.93. The van der Waals surface area contributed by atoms with Gasteiger partial charge in [0.25, 0.3) is 0 Å². The second kappa shape index (κ2) is 3.97. The summed E-state index contributed by atoms with van der Waals surface area (Å²) in [5, 5.41) is 17.0. The first-order valence-corrected chi connectivity index (χ1v) is 3.68. The molecule has 4 nitrogen and oxygen atoms in total. The molecule has 1 rings (SSSR count). The van der Waals surface area contributed by atoms with Gasteiger partial charge in [0.2, 0.25) is 0 Å². The monoisotopic (exact) mass is 186 g/mol. The molecule has 0 unspecified atom stereocenters. The molecule has 14 heavy (non-hydrogen) atoms. The van der Waals surface area contributed by atoms with Crippen molar-refractivity contribution >= 4 is 11.7 Å². The zero-order valence-corrected chi connectivity index (χ0v) is 7.11. The lowest BCUT2D eigenvalue weighted by Gasteiger charge is -1.99. The fourth-order valence-corrected chi connectivity index (χ4v) is 0.943. The number of aromatic carboxylic acids is 1. The van der Waals surface area contributed by atoms with Crippen molar-refractivity contribution in [2.45, 2.75) is 0 Å². The van der Waals surface area contributed by atoms with Crippen molar-refractivity contribution in [1.29, 1.82) is 5.26 Å². The summed E-state index contributed by atoms with van der Waals surface area (Å²) in [5.41, 5.74) is 6.06. The Balaban J connectivity index is 3.30. The fraction of sp³-hybridized carbons (Fsp3) is 0. The molecule has 0 radical (unpaired) electrons. The maximum atomic E-state index is 10.7. The molecular formula is C10H6N2O2. The van der Waals surface area contributed by atoms with Crippen LogP contribution in [0.1, 0.15) is 15.9 Å². The summed E-state index contributed by atoms with van der Waals surface area (Å²) in [7, 11) is 0. The summed E-state index contributed by atoms with van der Waals surface area (Å²) in [5.74, 6) is 3.44. The molecule has 0 amide bonds. The first kappa shape index (κ1) is 9.63. The molecule has 0 aliphatic carbocycles. The third-order valence-corrected chi connectivity index (χ3v) is 1.53. The minimum Gasteiger partial charge on any atom is -0.478 e. The number of benzene rings is 1. The van der Waals surface area contributed by atoms with E-state index in [0.29, 0.717) is 5.69 Å². The van der Waals surface area contributed by atoms with Crippen LogP contribution in [0.5, 0.6) is 0 Å². The fourth-order valence-electron chi connectivity index (χ4n) is 0.943. The first-order valence-electron chi connectivity index (χ1n) is 3.68. The molecule has 68 valence electrons. The van der Waals surface area contributed by atoms with E-state index >= 15 is 0 Å². The molecule has 0 heterocycles. The van der Waals surface area contributed by atoms with Crippen molar-refractivity contribution in [2.24, 2.45) is 0 Å². The van der Waals surface area contributed by atoms with E-state index in [1.807, 2.05) is 0 Å². The van der Waals surface area contributed by atoms with Crippen molar-refractivity contribution in [2.75, 3.05) is 5.73 Å². The van der Waals surface area contributed by atoms with Crippen LogP contribution in [0.4, 0.5) is 5.69 Å². The Kier molecular flexibility index (Phi) is 2.73. The van der Waals surface area contributed by atoms with Crippen LogP contribution in [0.25, 0.3) is 0 Å². The second-order valence-electron chi connectivity index (χ2n) is 2.47. The SMILES string of the molecule is N#CC#Cc1ccc(N)cc1C(=O)O. The Bertz CT molecular complexity index is 475. The van der Waals surface area contributed by atoms with Gasteiger partial charge < -0.3 is 10.8 Å². The molecule has 0 atom stereocenters. The van der Waals surface area contributed by atoms with Gasteiger partial charge in [-0.25, -0.2) is 4.79 Å². The number of nitrogens with two attached hydrogens (primary N) is 1. The lowest BCUT2D eigenvalue weighted by atomic mass is 10.1. The highest BCUT2D eigenvalue weighted by molar-refractivity contribution is 5.91. The van der Waals surface area contributed by atoms with Crippen LogP contribution in [0, 0.1) is 23.2 Å². The Morgan fingerprint density at radius 1 is 1.50 bits per heavy atom. The molecule has 0 spiro atoms. The van der Waals surface area contributed by atoms with Crippen molar-refractivity contribution in [3.63, 3.8) is 0 Å². The minimum absolute atomic E-state index is 0.00718. The van der Waals surface area contributed by atoms with Gasteiger partial charge in [0.05, 0.1) is 5.56 Å². The highest BCUT2D eigenvalue weighted by atomic mass is 16.4. The third-order valence-electron chi connectivity index (χ3n) is 1.53. The Morgan fingerprint density at radius 3 is 2.79 bits per heavy atom. The molecule has 4 heteroatoms. The summed E-state index contributed by atoms with van der Waals surface area (Å²) in [6.07, 6.45) is 0. The van der Waals surface area contributed by atoms with Crippen molar-refractivity contribution < 1.29 is 9.90 Å². The van der Waals surface area contributed by atoms with Gasteiger partial charge in [-0.15, -0.1) is 0 Å². The number of carbonyl (C=O) groups is 1. The molecule has 0 aliphatic heterocycles. The van der Waals surface area contributed by atoms with Gasteiger partial charge in [0.15, 0.2) is 6.07 Å². The van der Waals surface area contributed by atoms with Crippen LogP contribution in [-0.4, -0.2) is 11.1 Å². The smallest absolute Gasteiger partial charge is 0.337 e. The number of nitriles is 1. The zero-order valence-electron chi connectivity index (χ0n) is 7.11. The zero-order chi connectivity index (χ0) is 10.6. The summed E-state index contributed by atoms with van der Waals surface area (Å²) in [6.45, 7) is 0. The number of carboxylic acids is 1. The van der Waals surface area contributed by atoms with Gasteiger partial charge in [-0.05, 0) is 24.1 Å². The molecule has 0 saturated heterocycles. The number of nitrogen functional groups attached to an aromatic ring is 1. The molecule has 0 fully saturated rings. The van der Waals surface area contributed by atoms with Crippen LogP contribution in [0.15, 0.2) is 18.2 Å². The Hall–Kier alpha value is -2.46. The van der Waals surface area contributed by atoms with Crippen LogP contribution in [0.3, 0.4) is 0 Å². The highest BCUT2D eigenvalue weighted by Crippen LogP contribution is 2.12. The van der Waals surface area contributed by atoms with Crippen molar-refractivity contribution in [3.05, 3.63) is 29.3 Å². The summed E-state index contributed by atoms with van der Waals surface area (Å²) < 4.78 is 0. The van der Waals surface area contributed by atoms with Crippen molar-refractivity contribution in [1.82, 2.24) is 0 Å². The Morgan fingerprint density at radius 2 is 2.21 bits per heavy atom. The molecule has 3 N–H and O–H groups in total. The lowest BCUT2D eigenvalue weighted by molar-refractivity contribution is 0.0696. The number of nitrogens with zero attached hydrogens (tertiary/aromatic N) is 1. The normalized spacial score (nSPS) is 8.21. The number of hydrogen-bond acceptors (Lipinski definition) is 3. The van der Waals surface area contributed by atoms with E-state index in [2.05, 4.69) is 11.8 Å². The van der Waals surface area contributed by atoms with Crippen LogP contribution < -0.4 is 5.73 Å². The molecule has 1 aromatic rings. The van der Waals surface area contributed by atoms with Gasteiger partial charge in [0.1, 0.15) is 0 Å². The average Bonchev–Trinajstić information content (AvgIpc) is 2.15. The maximum absolute atomic E-state index is 10.7. The minimum atomic E-state index is -1.11. The van der Waals surface area contributed by atoms with Gasteiger partial charge >= 0.3 is 5.97 Å². The topological polar surface area (TPSA) is 87.1 Å². The van der Waals surface area contributed by atoms with E-state index in [4.69, 9.17) is 16.1 Å². The molecular weight excluding hydrogens is 180 g/mol.